The summed E-state index contributed by atoms with van der Waals surface area (Å²) in [6.45, 7) is 1.49. The van der Waals surface area contributed by atoms with Gasteiger partial charge in [-0.25, -0.2) is 9.78 Å². The van der Waals surface area contributed by atoms with Crippen LogP contribution < -0.4 is 5.32 Å². The Morgan fingerprint density at radius 2 is 1.77 bits per heavy atom. The first kappa shape index (κ1) is 20.9. The molecule has 4 rings (SSSR count). The lowest BCUT2D eigenvalue weighted by Gasteiger charge is -2.14. The molecule has 0 radical (unpaired) electrons. The van der Waals surface area contributed by atoms with Crippen LogP contribution >= 0.6 is 23.2 Å². The molecule has 3 aromatic carbocycles. The van der Waals surface area contributed by atoms with Crippen molar-refractivity contribution in [2.24, 2.45) is 0 Å². The standard InChI is InChI=1S/C23H17Cl2N3O3/c1-13(22(29)26-16-8-9-17(24)18(25)12-16)31-23(30)15-7-10-19-20(11-15)28-21(27-19)14-5-3-2-4-6-14/h2-13H,1H3,(H,26,29)(H,27,28). The summed E-state index contributed by atoms with van der Waals surface area (Å²) in [7, 11) is 0. The minimum absolute atomic E-state index is 0.310. The molecular weight excluding hydrogens is 437 g/mol. The number of ether oxygens (including phenoxy) is 1. The summed E-state index contributed by atoms with van der Waals surface area (Å²) in [5.41, 5.74) is 3.12. The van der Waals surface area contributed by atoms with E-state index in [0.717, 1.165) is 11.1 Å². The number of H-pyrrole nitrogens is 1. The van der Waals surface area contributed by atoms with Gasteiger partial charge in [-0.3, -0.25) is 4.79 Å². The quantitative estimate of drug-likeness (QED) is 0.378. The molecule has 6 nitrogen and oxygen atoms in total. The number of aromatic amines is 1. The Labute approximate surface area is 188 Å². The number of hydrogen-bond acceptors (Lipinski definition) is 4. The largest absolute Gasteiger partial charge is 0.449 e. The first-order valence-corrected chi connectivity index (χ1v) is 10.2. The van der Waals surface area contributed by atoms with Crippen molar-refractivity contribution in [2.45, 2.75) is 13.0 Å². The highest BCUT2D eigenvalue weighted by Crippen LogP contribution is 2.25. The van der Waals surface area contributed by atoms with Crippen molar-refractivity contribution in [2.75, 3.05) is 5.32 Å². The second kappa shape index (κ2) is 8.79. The van der Waals surface area contributed by atoms with E-state index in [1.165, 1.54) is 13.0 Å². The topological polar surface area (TPSA) is 84.1 Å². The lowest BCUT2D eigenvalue weighted by Crippen LogP contribution is -2.30. The van der Waals surface area contributed by atoms with Crippen molar-refractivity contribution in [1.29, 1.82) is 0 Å². The summed E-state index contributed by atoms with van der Waals surface area (Å²) in [4.78, 5) is 32.7. The van der Waals surface area contributed by atoms with Crippen LogP contribution in [-0.2, 0) is 9.53 Å². The van der Waals surface area contributed by atoms with Gasteiger partial charge in [0.1, 0.15) is 5.82 Å². The van der Waals surface area contributed by atoms with Crippen molar-refractivity contribution >= 4 is 51.8 Å². The summed E-state index contributed by atoms with van der Waals surface area (Å²) in [6.07, 6.45) is -1.01. The number of anilines is 1. The zero-order valence-corrected chi connectivity index (χ0v) is 17.9. The van der Waals surface area contributed by atoms with Crippen LogP contribution in [0.4, 0.5) is 5.69 Å². The molecule has 0 aliphatic carbocycles. The average Bonchev–Trinajstić information content (AvgIpc) is 3.20. The van der Waals surface area contributed by atoms with E-state index in [0.29, 0.717) is 32.6 Å². The van der Waals surface area contributed by atoms with Gasteiger partial charge in [0.25, 0.3) is 5.91 Å². The van der Waals surface area contributed by atoms with Gasteiger partial charge >= 0.3 is 5.97 Å². The summed E-state index contributed by atoms with van der Waals surface area (Å²) in [5.74, 6) is -0.397. The maximum Gasteiger partial charge on any atom is 0.338 e. The predicted octanol–water partition coefficient (Wildman–Crippen LogP) is 5.72. The number of esters is 1. The van der Waals surface area contributed by atoms with Gasteiger partial charge < -0.3 is 15.0 Å². The van der Waals surface area contributed by atoms with Crippen LogP contribution in [-0.4, -0.2) is 27.9 Å². The third kappa shape index (κ3) is 4.71. The molecular formula is C23H17Cl2N3O3. The summed E-state index contributed by atoms with van der Waals surface area (Å²) < 4.78 is 5.32. The highest BCUT2D eigenvalue weighted by atomic mass is 35.5. The van der Waals surface area contributed by atoms with Crippen LogP contribution in [0.1, 0.15) is 17.3 Å². The summed E-state index contributed by atoms with van der Waals surface area (Å²) >= 11 is 11.8. The number of nitrogens with zero attached hydrogens (tertiary/aromatic N) is 1. The van der Waals surface area contributed by atoms with Gasteiger partial charge in [-0.2, -0.15) is 0 Å². The molecule has 0 spiro atoms. The fraction of sp³-hybridized carbons (Fsp3) is 0.0870. The summed E-state index contributed by atoms with van der Waals surface area (Å²) in [6, 6.07) is 19.4. The van der Waals surface area contributed by atoms with Gasteiger partial charge in [0, 0.05) is 11.3 Å². The van der Waals surface area contributed by atoms with Crippen molar-refractivity contribution in [3.05, 3.63) is 82.3 Å². The minimum Gasteiger partial charge on any atom is -0.449 e. The molecule has 0 saturated heterocycles. The van der Waals surface area contributed by atoms with Gasteiger partial charge in [0.05, 0.1) is 26.6 Å². The number of amides is 1. The molecule has 1 aromatic heterocycles. The predicted molar refractivity (Wildman–Crippen MR) is 121 cm³/mol. The lowest BCUT2D eigenvalue weighted by atomic mass is 10.2. The number of imidazole rings is 1. The van der Waals surface area contributed by atoms with E-state index in [4.69, 9.17) is 27.9 Å². The number of benzene rings is 3. The maximum atomic E-state index is 12.6. The Morgan fingerprint density at radius 3 is 2.52 bits per heavy atom. The van der Waals surface area contributed by atoms with E-state index in [1.807, 2.05) is 30.3 Å². The second-order valence-electron chi connectivity index (χ2n) is 6.85. The zero-order valence-electron chi connectivity index (χ0n) is 16.4. The molecule has 0 aliphatic rings. The first-order chi connectivity index (χ1) is 14.9. The molecule has 0 bridgehead atoms. The Bertz CT molecular complexity index is 1270. The lowest BCUT2D eigenvalue weighted by molar-refractivity contribution is -0.123. The molecule has 1 heterocycles. The first-order valence-electron chi connectivity index (χ1n) is 9.43. The number of halogens is 2. The molecule has 31 heavy (non-hydrogen) atoms. The Morgan fingerprint density at radius 1 is 1.00 bits per heavy atom. The molecule has 8 heteroatoms. The third-order valence-electron chi connectivity index (χ3n) is 4.60. The van der Waals surface area contributed by atoms with Crippen molar-refractivity contribution in [1.82, 2.24) is 9.97 Å². The van der Waals surface area contributed by atoms with E-state index >= 15 is 0 Å². The Hall–Kier alpha value is -3.35. The molecule has 2 N–H and O–H groups in total. The van der Waals surface area contributed by atoms with Crippen molar-refractivity contribution < 1.29 is 14.3 Å². The van der Waals surface area contributed by atoms with Gasteiger partial charge in [-0.15, -0.1) is 0 Å². The van der Waals surface area contributed by atoms with Crippen LogP contribution in [0.2, 0.25) is 10.0 Å². The average molecular weight is 454 g/mol. The molecule has 0 aliphatic heterocycles. The van der Waals surface area contributed by atoms with Crippen LogP contribution in [0.5, 0.6) is 0 Å². The highest BCUT2D eigenvalue weighted by molar-refractivity contribution is 6.42. The number of fused-ring (bicyclic) bond motifs is 1. The number of rotatable bonds is 5. The normalized spacial score (nSPS) is 11.8. The van der Waals surface area contributed by atoms with Crippen molar-refractivity contribution in [3.63, 3.8) is 0 Å². The van der Waals surface area contributed by atoms with Gasteiger partial charge in [-0.1, -0.05) is 53.5 Å². The van der Waals surface area contributed by atoms with Crippen LogP contribution in [0, 0.1) is 0 Å². The van der Waals surface area contributed by atoms with Gasteiger partial charge in [-0.05, 0) is 43.3 Å². The van der Waals surface area contributed by atoms with Crippen LogP contribution in [0.3, 0.4) is 0 Å². The molecule has 0 fully saturated rings. The SMILES string of the molecule is CC(OC(=O)c1ccc2nc(-c3ccccc3)[nH]c2c1)C(=O)Nc1ccc(Cl)c(Cl)c1. The number of carbonyl (C=O) groups excluding carboxylic acids is 2. The fourth-order valence-corrected chi connectivity index (χ4v) is 3.27. The van der Waals surface area contributed by atoms with Gasteiger partial charge in [0.2, 0.25) is 0 Å². The van der Waals surface area contributed by atoms with Crippen LogP contribution in [0.25, 0.3) is 22.4 Å². The molecule has 1 unspecified atom stereocenters. The highest BCUT2D eigenvalue weighted by Gasteiger charge is 2.20. The monoisotopic (exact) mass is 453 g/mol. The Kier molecular flexibility index (Phi) is 5.93. The number of nitrogens with one attached hydrogen (secondary N) is 2. The second-order valence-corrected chi connectivity index (χ2v) is 7.66. The van der Waals surface area contributed by atoms with E-state index in [1.54, 1.807) is 30.3 Å². The van der Waals surface area contributed by atoms with E-state index in [-0.39, 0.29) is 0 Å². The molecule has 1 atom stereocenters. The van der Waals surface area contributed by atoms with E-state index < -0.39 is 18.0 Å². The number of hydrogen-bond donors (Lipinski definition) is 2. The summed E-state index contributed by atoms with van der Waals surface area (Å²) in [5, 5.41) is 3.33. The Balaban J connectivity index is 1.45. The molecule has 4 aromatic rings. The van der Waals surface area contributed by atoms with Crippen molar-refractivity contribution in [3.8, 4) is 11.4 Å². The number of carbonyl (C=O) groups is 2. The molecule has 156 valence electrons. The fourth-order valence-electron chi connectivity index (χ4n) is 2.97. The van der Waals surface area contributed by atoms with Gasteiger partial charge in [0.15, 0.2) is 6.10 Å². The smallest absolute Gasteiger partial charge is 0.338 e. The van der Waals surface area contributed by atoms with E-state index in [2.05, 4.69) is 15.3 Å². The minimum atomic E-state index is -1.01. The number of aromatic nitrogens is 2. The zero-order chi connectivity index (χ0) is 22.0. The third-order valence-corrected chi connectivity index (χ3v) is 5.34. The maximum absolute atomic E-state index is 12.6. The van der Waals surface area contributed by atoms with E-state index in [9.17, 15) is 9.59 Å². The van der Waals surface area contributed by atoms with Crippen LogP contribution in [0.15, 0.2) is 66.7 Å². The molecule has 1 amide bonds. The molecule has 0 saturated carbocycles.